The monoisotopic (exact) mass is 440 g/mol. The van der Waals surface area contributed by atoms with Crippen molar-refractivity contribution in [3.8, 4) is 0 Å². The summed E-state index contributed by atoms with van der Waals surface area (Å²) in [5, 5.41) is 5.35. The molecular weight excluding hydrogens is 415 g/mol. The first-order valence-electron chi connectivity index (χ1n) is 10.4. The Bertz CT molecular complexity index is 1190. The number of sulfonamides is 1. The molecule has 162 valence electrons. The van der Waals surface area contributed by atoms with Crippen LogP contribution in [0.15, 0.2) is 71.6 Å². The van der Waals surface area contributed by atoms with Gasteiger partial charge in [-0.25, -0.2) is 12.8 Å². The number of rotatable bonds is 5. The van der Waals surface area contributed by atoms with Crippen LogP contribution >= 0.6 is 0 Å². The number of carbonyl (C=O) groups is 1. The molecule has 1 aliphatic heterocycles. The van der Waals surface area contributed by atoms with Crippen LogP contribution in [0.2, 0.25) is 0 Å². The zero-order valence-corrected chi connectivity index (χ0v) is 18.1. The molecule has 1 fully saturated rings. The maximum atomic E-state index is 13.1. The van der Waals surface area contributed by atoms with Crippen LogP contribution in [0.1, 0.15) is 31.4 Å². The summed E-state index contributed by atoms with van der Waals surface area (Å²) < 4.78 is 40.0. The standard InChI is InChI=1S/C24H25FN2O3S/c1-17(20-7-6-18-4-2-3-5-21(18)16-20)26-24(28)19-12-14-27(15-13-19)31(29,30)23-10-8-22(25)9-11-23/h2-11,16-17,19H,12-15H2,1H3,(H,26,28). The highest BCUT2D eigenvalue weighted by atomic mass is 32.2. The summed E-state index contributed by atoms with van der Waals surface area (Å²) in [7, 11) is -3.68. The Hall–Kier alpha value is -2.77. The summed E-state index contributed by atoms with van der Waals surface area (Å²) in [4.78, 5) is 12.9. The minimum atomic E-state index is -3.68. The van der Waals surface area contributed by atoms with E-state index in [1.807, 2.05) is 37.3 Å². The Kier molecular flexibility index (Phi) is 6.07. The van der Waals surface area contributed by atoms with Crippen LogP contribution in [0.3, 0.4) is 0 Å². The largest absolute Gasteiger partial charge is 0.349 e. The summed E-state index contributed by atoms with van der Waals surface area (Å²) in [6.45, 7) is 2.49. The summed E-state index contributed by atoms with van der Waals surface area (Å²) >= 11 is 0. The summed E-state index contributed by atoms with van der Waals surface area (Å²) in [6, 6.07) is 18.9. The first-order chi connectivity index (χ1) is 14.8. The average molecular weight is 441 g/mol. The second kappa shape index (κ2) is 8.77. The minimum absolute atomic E-state index is 0.0560. The number of benzene rings is 3. The van der Waals surface area contributed by atoms with E-state index in [1.165, 1.54) is 16.4 Å². The van der Waals surface area contributed by atoms with E-state index >= 15 is 0 Å². The molecule has 5 nitrogen and oxygen atoms in total. The van der Waals surface area contributed by atoms with Crippen LogP contribution in [0, 0.1) is 11.7 Å². The lowest BCUT2D eigenvalue weighted by Gasteiger charge is -2.31. The van der Waals surface area contributed by atoms with E-state index < -0.39 is 15.8 Å². The zero-order valence-electron chi connectivity index (χ0n) is 17.3. The first kappa shape index (κ1) is 21.5. The van der Waals surface area contributed by atoms with Crippen molar-refractivity contribution in [2.75, 3.05) is 13.1 Å². The molecular formula is C24H25FN2O3S. The molecule has 1 atom stereocenters. The Morgan fingerprint density at radius 1 is 1.00 bits per heavy atom. The fraction of sp³-hybridized carbons (Fsp3) is 0.292. The van der Waals surface area contributed by atoms with Crippen LogP contribution in [0.25, 0.3) is 10.8 Å². The molecule has 1 unspecified atom stereocenters. The van der Waals surface area contributed by atoms with Crippen molar-refractivity contribution in [1.29, 1.82) is 0 Å². The van der Waals surface area contributed by atoms with Crippen LogP contribution in [-0.4, -0.2) is 31.7 Å². The van der Waals surface area contributed by atoms with Gasteiger partial charge in [0.1, 0.15) is 5.82 Å². The smallest absolute Gasteiger partial charge is 0.243 e. The lowest BCUT2D eigenvalue weighted by molar-refractivity contribution is -0.126. The summed E-state index contributed by atoms with van der Waals surface area (Å²) in [5.41, 5.74) is 1.03. The van der Waals surface area contributed by atoms with Crippen LogP contribution in [-0.2, 0) is 14.8 Å². The van der Waals surface area contributed by atoms with Crippen molar-refractivity contribution in [2.24, 2.45) is 5.92 Å². The molecule has 1 heterocycles. The molecule has 0 bridgehead atoms. The van der Waals surface area contributed by atoms with Crippen LogP contribution < -0.4 is 5.32 Å². The average Bonchev–Trinajstić information content (AvgIpc) is 2.79. The van der Waals surface area contributed by atoms with E-state index in [1.54, 1.807) is 0 Å². The van der Waals surface area contributed by atoms with Gasteiger partial charge in [-0.2, -0.15) is 4.31 Å². The predicted octanol–water partition coefficient (Wildman–Crippen LogP) is 4.26. The minimum Gasteiger partial charge on any atom is -0.349 e. The normalized spacial score (nSPS) is 16.8. The van der Waals surface area contributed by atoms with Gasteiger partial charge in [0.2, 0.25) is 15.9 Å². The quantitative estimate of drug-likeness (QED) is 0.645. The van der Waals surface area contributed by atoms with Gasteiger partial charge in [0, 0.05) is 19.0 Å². The van der Waals surface area contributed by atoms with Gasteiger partial charge in [-0.15, -0.1) is 0 Å². The van der Waals surface area contributed by atoms with Gasteiger partial charge in [-0.1, -0.05) is 36.4 Å². The van der Waals surface area contributed by atoms with E-state index in [2.05, 4.69) is 17.4 Å². The Labute approximate surface area is 181 Å². The lowest BCUT2D eigenvalue weighted by Crippen LogP contribution is -2.43. The molecule has 0 aliphatic carbocycles. The van der Waals surface area contributed by atoms with Crippen LogP contribution in [0.5, 0.6) is 0 Å². The second-order valence-corrected chi connectivity index (χ2v) is 9.91. The molecule has 0 aromatic heterocycles. The molecule has 31 heavy (non-hydrogen) atoms. The van der Waals surface area contributed by atoms with Crippen LogP contribution in [0.4, 0.5) is 4.39 Å². The number of nitrogens with zero attached hydrogens (tertiary/aromatic N) is 1. The number of hydrogen-bond acceptors (Lipinski definition) is 3. The van der Waals surface area contributed by atoms with E-state index in [0.717, 1.165) is 28.5 Å². The topological polar surface area (TPSA) is 66.5 Å². The number of halogens is 1. The van der Waals surface area contributed by atoms with Crippen molar-refractivity contribution in [2.45, 2.75) is 30.7 Å². The van der Waals surface area contributed by atoms with Gasteiger partial charge in [-0.3, -0.25) is 4.79 Å². The molecule has 7 heteroatoms. The fourth-order valence-electron chi connectivity index (χ4n) is 4.01. The highest BCUT2D eigenvalue weighted by Gasteiger charge is 2.32. The van der Waals surface area contributed by atoms with E-state index in [-0.39, 0.29) is 35.9 Å². The zero-order chi connectivity index (χ0) is 22.0. The molecule has 1 saturated heterocycles. The number of piperidine rings is 1. The van der Waals surface area contributed by atoms with Crippen molar-refractivity contribution < 1.29 is 17.6 Å². The summed E-state index contributed by atoms with van der Waals surface area (Å²) in [6.07, 6.45) is 0.910. The van der Waals surface area contributed by atoms with Gasteiger partial charge in [-0.05, 0) is 66.4 Å². The van der Waals surface area contributed by atoms with E-state index in [4.69, 9.17) is 0 Å². The molecule has 0 spiro atoms. The highest BCUT2D eigenvalue weighted by Crippen LogP contribution is 2.26. The highest BCUT2D eigenvalue weighted by molar-refractivity contribution is 7.89. The number of hydrogen-bond donors (Lipinski definition) is 1. The third-order valence-electron chi connectivity index (χ3n) is 5.91. The number of carbonyl (C=O) groups excluding carboxylic acids is 1. The predicted molar refractivity (Wildman–Crippen MR) is 118 cm³/mol. The molecule has 0 radical (unpaired) electrons. The molecule has 0 saturated carbocycles. The van der Waals surface area contributed by atoms with E-state index in [9.17, 15) is 17.6 Å². The third kappa shape index (κ3) is 4.62. The number of nitrogens with one attached hydrogen (secondary N) is 1. The molecule has 1 amide bonds. The number of fused-ring (bicyclic) bond motifs is 1. The maximum absolute atomic E-state index is 13.1. The lowest BCUT2D eigenvalue weighted by atomic mass is 9.96. The Morgan fingerprint density at radius 3 is 2.32 bits per heavy atom. The maximum Gasteiger partial charge on any atom is 0.243 e. The molecule has 3 aromatic carbocycles. The van der Waals surface area contributed by atoms with Gasteiger partial charge in [0.05, 0.1) is 10.9 Å². The van der Waals surface area contributed by atoms with Crippen molar-refractivity contribution in [3.63, 3.8) is 0 Å². The van der Waals surface area contributed by atoms with Crippen molar-refractivity contribution in [3.05, 3.63) is 78.1 Å². The molecule has 1 N–H and O–H groups in total. The summed E-state index contributed by atoms with van der Waals surface area (Å²) in [5.74, 6) is -0.767. The first-order valence-corrected chi connectivity index (χ1v) is 11.8. The number of amides is 1. The van der Waals surface area contributed by atoms with Gasteiger partial charge >= 0.3 is 0 Å². The SMILES string of the molecule is CC(NC(=O)C1CCN(S(=O)(=O)c2ccc(F)cc2)CC1)c1ccc2ccccc2c1. The van der Waals surface area contributed by atoms with E-state index in [0.29, 0.717) is 12.8 Å². The second-order valence-electron chi connectivity index (χ2n) is 7.97. The van der Waals surface area contributed by atoms with Crippen molar-refractivity contribution in [1.82, 2.24) is 9.62 Å². The fourth-order valence-corrected chi connectivity index (χ4v) is 5.48. The molecule has 3 aromatic rings. The Balaban J connectivity index is 1.37. The molecule has 4 rings (SSSR count). The Morgan fingerprint density at radius 2 is 1.65 bits per heavy atom. The van der Waals surface area contributed by atoms with Crippen molar-refractivity contribution >= 4 is 26.7 Å². The third-order valence-corrected chi connectivity index (χ3v) is 7.82. The van der Waals surface area contributed by atoms with Gasteiger partial charge in [0.15, 0.2) is 0 Å². The van der Waals surface area contributed by atoms with Gasteiger partial charge in [0.25, 0.3) is 0 Å². The van der Waals surface area contributed by atoms with Gasteiger partial charge < -0.3 is 5.32 Å². The molecule has 1 aliphatic rings.